The number of nitrogens with one attached hydrogen (secondary N) is 1. The van der Waals surface area contributed by atoms with Crippen molar-refractivity contribution in [3.8, 4) is 11.3 Å². The predicted octanol–water partition coefficient (Wildman–Crippen LogP) is 5.84. The third-order valence-corrected chi connectivity index (χ3v) is 12.8. The molecular weight excluding hydrogens is 776 g/mol. The molecule has 4 heterocycles. The Kier molecular flexibility index (Phi) is 15.2. The summed E-state index contributed by atoms with van der Waals surface area (Å²) in [5, 5.41) is 14.6. The first-order chi connectivity index (χ1) is 28.3. The standard InChI is InChI=1S/C45H65FN4O10/c1-11-20-47-32-23-28(4)57-40(36(32)52)59-39-30(6)38(53)44(8,46)41(54)58-34(12-2)45(9)37(29(5)35(51)27(3)24-43(39,7)56-10)50(42(55)60-45)22-17-16-21-49-25-33(48-26-49)31-18-14-13-15-19-31/h11,13-15,18-19,25-30,32,34,36-37,39-40,47,52H,1,12,16-17,20-24H2,2-10H3/t27-,28-,29+,30-,32+,34-,36+,37?,39-,40+,43-,44+,45-/m1/s1. The van der Waals surface area contributed by atoms with Gasteiger partial charge < -0.3 is 43.6 Å². The van der Waals surface area contributed by atoms with Gasteiger partial charge in [0.05, 0.1) is 35.9 Å². The number of esters is 1. The summed E-state index contributed by atoms with van der Waals surface area (Å²) in [7, 11) is 1.40. The highest BCUT2D eigenvalue weighted by atomic mass is 19.1. The van der Waals surface area contributed by atoms with E-state index in [4.69, 9.17) is 23.7 Å². The number of methoxy groups -OCH3 is 1. The normalized spacial score (nSPS) is 37.0. The number of aromatic nitrogens is 2. The van der Waals surface area contributed by atoms with Gasteiger partial charge in [-0.05, 0) is 59.8 Å². The number of aliphatic hydroxyl groups is 1. The second-order valence-electron chi connectivity index (χ2n) is 17.4. The largest absolute Gasteiger partial charge is 0.455 e. The fourth-order valence-corrected chi connectivity index (χ4v) is 9.48. The van der Waals surface area contributed by atoms with Crippen LogP contribution in [0.3, 0.4) is 0 Å². The number of rotatable bonds is 13. The van der Waals surface area contributed by atoms with Gasteiger partial charge in [0.2, 0.25) is 0 Å². The number of unbranched alkanes of at least 4 members (excludes halogenated alkanes) is 1. The van der Waals surface area contributed by atoms with Crippen LogP contribution in [-0.2, 0) is 44.6 Å². The number of Topliss-reactive ketones (excluding diaryl/α,β-unsaturated/α-hetero) is 2. The maximum absolute atomic E-state index is 16.9. The van der Waals surface area contributed by atoms with Gasteiger partial charge >= 0.3 is 12.1 Å². The number of hydrogen-bond donors (Lipinski definition) is 2. The molecule has 1 aromatic heterocycles. The summed E-state index contributed by atoms with van der Waals surface area (Å²) in [5.74, 6) is -5.82. The SMILES string of the molecule is C=CCN[C@H]1C[C@@H](C)O[C@@H](O[C@@H]2[C@H](C)C(=O)[C@](C)(F)C(=O)O[C@H](CC)[C@@]3(C)OC(=O)N(CCCCn4cnc(-c5ccccc5)c4)C3[C@@H](C)C(=O)[C@H](C)C[C@@]2(C)OC)[C@H]1O. The van der Waals surface area contributed by atoms with Gasteiger partial charge in [-0.25, -0.2) is 19.0 Å². The van der Waals surface area contributed by atoms with Gasteiger partial charge in [0.25, 0.3) is 5.67 Å². The van der Waals surface area contributed by atoms with Gasteiger partial charge in [0.15, 0.2) is 17.7 Å². The molecule has 2 aromatic rings. The number of carbonyl (C=O) groups is 4. The molecular formula is C45H65FN4O10. The van der Waals surface area contributed by atoms with Crippen molar-refractivity contribution in [2.75, 3.05) is 20.2 Å². The number of aliphatic hydroxyl groups excluding tert-OH is 1. The Morgan fingerprint density at radius 2 is 1.73 bits per heavy atom. The molecule has 1 aromatic carbocycles. The average Bonchev–Trinajstić information content (AvgIpc) is 3.80. The molecule has 0 saturated carbocycles. The minimum Gasteiger partial charge on any atom is -0.455 e. The van der Waals surface area contributed by atoms with E-state index in [2.05, 4.69) is 16.9 Å². The van der Waals surface area contributed by atoms with Crippen molar-refractivity contribution < 1.29 is 52.4 Å². The molecule has 3 fully saturated rings. The van der Waals surface area contributed by atoms with E-state index in [1.165, 1.54) is 18.9 Å². The summed E-state index contributed by atoms with van der Waals surface area (Å²) in [6.07, 6.45) is 1.03. The van der Waals surface area contributed by atoms with Crippen LogP contribution in [0.15, 0.2) is 55.5 Å². The van der Waals surface area contributed by atoms with Crippen molar-refractivity contribution in [1.29, 1.82) is 0 Å². The highest BCUT2D eigenvalue weighted by Gasteiger charge is 2.61. The lowest BCUT2D eigenvalue weighted by Crippen LogP contribution is -2.62. The third kappa shape index (κ3) is 9.70. The van der Waals surface area contributed by atoms with Gasteiger partial charge in [-0.15, -0.1) is 6.58 Å². The average molecular weight is 841 g/mol. The monoisotopic (exact) mass is 840 g/mol. The number of imidazole rings is 1. The molecule has 1 unspecified atom stereocenters. The van der Waals surface area contributed by atoms with E-state index in [0.29, 0.717) is 32.4 Å². The molecule has 14 nitrogen and oxygen atoms in total. The minimum atomic E-state index is -3.19. The molecule has 0 spiro atoms. The lowest BCUT2D eigenvalue weighted by Gasteiger charge is -2.46. The van der Waals surface area contributed by atoms with E-state index in [-0.39, 0.29) is 31.3 Å². The molecule has 13 atom stereocenters. The van der Waals surface area contributed by atoms with Crippen molar-refractivity contribution in [3.63, 3.8) is 0 Å². The fourth-order valence-electron chi connectivity index (χ4n) is 9.48. The molecule has 3 aliphatic heterocycles. The smallest absolute Gasteiger partial charge is 0.410 e. The van der Waals surface area contributed by atoms with Crippen molar-refractivity contribution in [2.24, 2.45) is 17.8 Å². The zero-order valence-electron chi connectivity index (χ0n) is 36.6. The van der Waals surface area contributed by atoms with Crippen LogP contribution in [0.5, 0.6) is 0 Å². The molecule has 15 heteroatoms. The van der Waals surface area contributed by atoms with Crippen molar-refractivity contribution in [2.45, 2.75) is 154 Å². The number of alkyl halides is 1. The van der Waals surface area contributed by atoms with E-state index in [1.807, 2.05) is 48.0 Å². The Morgan fingerprint density at radius 3 is 2.38 bits per heavy atom. The first-order valence-electron chi connectivity index (χ1n) is 21.3. The second kappa shape index (κ2) is 19.4. The summed E-state index contributed by atoms with van der Waals surface area (Å²) in [6, 6.07) is 8.45. The van der Waals surface area contributed by atoms with E-state index < -0.39 is 89.2 Å². The zero-order chi connectivity index (χ0) is 44.2. The zero-order valence-corrected chi connectivity index (χ0v) is 36.6. The van der Waals surface area contributed by atoms with Crippen LogP contribution in [0.2, 0.25) is 0 Å². The molecule has 3 saturated heterocycles. The maximum atomic E-state index is 16.9. The lowest BCUT2D eigenvalue weighted by molar-refractivity contribution is -0.290. The number of nitrogens with zero attached hydrogens (tertiary/aromatic N) is 3. The molecule has 1 amide bonds. The quantitative estimate of drug-likeness (QED) is 0.107. The van der Waals surface area contributed by atoms with Gasteiger partial charge in [-0.3, -0.25) is 9.59 Å². The van der Waals surface area contributed by atoms with Crippen LogP contribution in [0.1, 0.15) is 87.5 Å². The highest BCUT2D eigenvalue weighted by Crippen LogP contribution is 2.43. The third-order valence-electron chi connectivity index (χ3n) is 12.8. The lowest BCUT2D eigenvalue weighted by atomic mass is 9.73. The van der Waals surface area contributed by atoms with Crippen LogP contribution in [0.25, 0.3) is 11.3 Å². The highest BCUT2D eigenvalue weighted by molar-refractivity contribution is 6.08. The summed E-state index contributed by atoms with van der Waals surface area (Å²) < 4.78 is 49.5. The van der Waals surface area contributed by atoms with Gasteiger partial charge in [0.1, 0.15) is 18.0 Å². The van der Waals surface area contributed by atoms with Crippen molar-refractivity contribution in [3.05, 3.63) is 55.5 Å². The number of cyclic esters (lactones) is 1. The number of aryl methyl sites for hydroxylation is 1. The molecule has 60 heavy (non-hydrogen) atoms. The van der Waals surface area contributed by atoms with Crippen LogP contribution < -0.4 is 5.32 Å². The topological polar surface area (TPSA) is 168 Å². The fraction of sp³-hybridized carbons (Fsp3) is 0.667. The van der Waals surface area contributed by atoms with Crippen LogP contribution in [0.4, 0.5) is 9.18 Å². The van der Waals surface area contributed by atoms with Crippen molar-refractivity contribution in [1.82, 2.24) is 19.8 Å². The molecule has 0 radical (unpaired) electrons. The van der Waals surface area contributed by atoms with E-state index in [9.17, 15) is 24.3 Å². The Morgan fingerprint density at radius 1 is 1.05 bits per heavy atom. The number of hydrogen-bond acceptors (Lipinski definition) is 12. The summed E-state index contributed by atoms with van der Waals surface area (Å²) in [5.41, 5.74) is -4.39. The molecule has 0 bridgehead atoms. The Hall–Kier alpha value is -4.02. The predicted molar refractivity (Wildman–Crippen MR) is 221 cm³/mol. The first-order valence-corrected chi connectivity index (χ1v) is 21.3. The van der Waals surface area contributed by atoms with E-state index in [1.54, 1.807) is 47.0 Å². The first kappa shape index (κ1) is 47.0. The summed E-state index contributed by atoms with van der Waals surface area (Å²) >= 11 is 0. The minimum absolute atomic E-state index is 0.00969. The van der Waals surface area contributed by atoms with Gasteiger partial charge in [-0.1, -0.05) is 64.1 Å². The van der Waals surface area contributed by atoms with Gasteiger partial charge in [-0.2, -0.15) is 0 Å². The number of amides is 1. The van der Waals surface area contributed by atoms with E-state index in [0.717, 1.165) is 18.2 Å². The molecule has 3 aliphatic rings. The molecule has 5 rings (SSSR count). The van der Waals surface area contributed by atoms with Gasteiger partial charge in [0, 0.05) is 62.3 Å². The Bertz CT molecular complexity index is 1830. The summed E-state index contributed by atoms with van der Waals surface area (Å²) in [4.78, 5) is 62.8. The number of ketones is 2. The van der Waals surface area contributed by atoms with Crippen LogP contribution in [-0.4, -0.2) is 123 Å². The maximum Gasteiger partial charge on any atom is 0.410 e. The number of halogens is 1. The molecule has 332 valence electrons. The summed E-state index contributed by atoms with van der Waals surface area (Å²) in [6.45, 7) is 17.5. The molecule has 0 aliphatic carbocycles. The number of benzene rings is 1. The van der Waals surface area contributed by atoms with Crippen LogP contribution >= 0.6 is 0 Å². The van der Waals surface area contributed by atoms with E-state index >= 15 is 4.39 Å². The number of carbonyl (C=O) groups excluding carboxylic acids is 4. The second-order valence-corrected chi connectivity index (χ2v) is 17.4. The number of ether oxygens (including phenoxy) is 5. The number of fused-ring (bicyclic) bond motifs is 1. The Balaban J connectivity index is 1.45. The van der Waals surface area contributed by atoms with Crippen molar-refractivity contribution >= 4 is 23.6 Å². The van der Waals surface area contributed by atoms with Crippen LogP contribution in [0, 0.1) is 17.8 Å². The molecule has 2 N–H and O–H groups in total. The Labute approximate surface area is 353 Å².